The Bertz CT molecular complexity index is 873. The van der Waals surface area contributed by atoms with Crippen molar-refractivity contribution in [1.29, 1.82) is 0 Å². The number of nitrogens with zero attached hydrogens (tertiary/aromatic N) is 2. The SMILES string of the molecule is Cc1cncc(C(=O)N2CCCC(COc3cccc(Cl)c3)(CC(N)=O)C2)c1. The van der Waals surface area contributed by atoms with E-state index >= 15 is 0 Å². The molecule has 0 saturated carbocycles. The Kier molecular flexibility index (Phi) is 6.19. The molecular weight excluding hydrogens is 378 g/mol. The second kappa shape index (κ2) is 8.61. The summed E-state index contributed by atoms with van der Waals surface area (Å²) in [5.74, 6) is 0.136. The third-order valence-corrected chi connectivity index (χ3v) is 5.20. The highest BCUT2D eigenvalue weighted by Gasteiger charge is 2.39. The summed E-state index contributed by atoms with van der Waals surface area (Å²) in [6, 6.07) is 8.93. The number of ether oxygens (including phenoxy) is 1. The summed E-state index contributed by atoms with van der Waals surface area (Å²) >= 11 is 6.02. The first-order valence-electron chi connectivity index (χ1n) is 9.24. The summed E-state index contributed by atoms with van der Waals surface area (Å²) < 4.78 is 5.94. The fourth-order valence-corrected chi connectivity index (χ4v) is 3.89. The largest absolute Gasteiger partial charge is 0.493 e. The molecule has 1 aromatic heterocycles. The Morgan fingerprint density at radius 3 is 2.86 bits per heavy atom. The van der Waals surface area contributed by atoms with Gasteiger partial charge in [-0.05, 0) is 49.6 Å². The van der Waals surface area contributed by atoms with Crippen LogP contribution in [0.15, 0.2) is 42.7 Å². The molecule has 0 spiro atoms. The van der Waals surface area contributed by atoms with Crippen molar-refractivity contribution in [2.45, 2.75) is 26.2 Å². The fraction of sp³-hybridized carbons (Fsp3) is 0.381. The van der Waals surface area contributed by atoms with E-state index in [1.165, 1.54) is 0 Å². The van der Waals surface area contributed by atoms with Gasteiger partial charge in [0.25, 0.3) is 5.91 Å². The number of piperidine rings is 1. The second-order valence-electron chi connectivity index (χ2n) is 7.47. The Labute approximate surface area is 169 Å². The minimum Gasteiger partial charge on any atom is -0.493 e. The van der Waals surface area contributed by atoms with Gasteiger partial charge < -0.3 is 15.4 Å². The number of rotatable bonds is 6. The van der Waals surface area contributed by atoms with Gasteiger partial charge in [0.2, 0.25) is 5.91 Å². The molecule has 1 fully saturated rings. The van der Waals surface area contributed by atoms with Crippen LogP contribution in [0.2, 0.25) is 5.02 Å². The summed E-state index contributed by atoms with van der Waals surface area (Å²) in [5.41, 5.74) is 6.47. The standard InChI is InChI=1S/C21H24ClN3O3/c1-15-8-16(12-24-11-15)20(27)25-7-3-6-21(13-25,10-19(23)26)14-28-18-5-2-4-17(22)9-18/h2,4-5,8-9,11-12H,3,6-7,10,13-14H2,1H3,(H2,23,26). The summed E-state index contributed by atoms with van der Waals surface area (Å²) in [7, 11) is 0. The first-order chi connectivity index (χ1) is 13.4. The van der Waals surface area contributed by atoms with Gasteiger partial charge in [-0.25, -0.2) is 0 Å². The molecule has 148 valence electrons. The van der Waals surface area contributed by atoms with Crippen LogP contribution in [0.4, 0.5) is 0 Å². The van der Waals surface area contributed by atoms with Gasteiger partial charge >= 0.3 is 0 Å². The normalized spacial score (nSPS) is 19.3. The predicted molar refractivity (Wildman–Crippen MR) is 107 cm³/mol. The molecule has 28 heavy (non-hydrogen) atoms. The van der Waals surface area contributed by atoms with Crippen molar-refractivity contribution in [3.8, 4) is 5.75 Å². The van der Waals surface area contributed by atoms with Crippen LogP contribution < -0.4 is 10.5 Å². The van der Waals surface area contributed by atoms with E-state index in [1.54, 1.807) is 35.5 Å². The molecule has 7 heteroatoms. The highest BCUT2D eigenvalue weighted by atomic mass is 35.5. The van der Waals surface area contributed by atoms with Gasteiger partial charge in [0, 0.05) is 42.3 Å². The number of primary amides is 1. The quantitative estimate of drug-likeness (QED) is 0.805. The van der Waals surface area contributed by atoms with Crippen LogP contribution in [0.1, 0.15) is 35.2 Å². The highest BCUT2D eigenvalue weighted by molar-refractivity contribution is 6.30. The zero-order chi connectivity index (χ0) is 20.1. The van der Waals surface area contributed by atoms with Gasteiger partial charge in [0.1, 0.15) is 5.75 Å². The molecule has 1 aliphatic rings. The lowest BCUT2D eigenvalue weighted by molar-refractivity contribution is -0.122. The number of aryl methyl sites for hydroxylation is 1. The second-order valence-corrected chi connectivity index (χ2v) is 7.91. The van der Waals surface area contributed by atoms with Gasteiger partial charge in [-0.2, -0.15) is 0 Å². The number of amides is 2. The van der Waals surface area contributed by atoms with Crippen molar-refractivity contribution in [2.24, 2.45) is 11.1 Å². The minimum atomic E-state index is -0.528. The van der Waals surface area contributed by atoms with Crippen molar-refractivity contribution in [3.63, 3.8) is 0 Å². The van der Waals surface area contributed by atoms with Crippen LogP contribution in [-0.4, -0.2) is 41.4 Å². The summed E-state index contributed by atoms with van der Waals surface area (Å²) in [5, 5.41) is 0.578. The maximum atomic E-state index is 13.0. The lowest BCUT2D eigenvalue weighted by atomic mass is 9.77. The van der Waals surface area contributed by atoms with E-state index in [1.807, 2.05) is 19.1 Å². The number of carbonyl (C=O) groups is 2. The zero-order valence-electron chi connectivity index (χ0n) is 15.9. The molecule has 2 aromatic rings. The molecule has 1 aliphatic heterocycles. The van der Waals surface area contributed by atoms with Crippen molar-refractivity contribution in [1.82, 2.24) is 9.88 Å². The summed E-state index contributed by atoms with van der Waals surface area (Å²) in [6.07, 6.45) is 4.97. The number of hydrogen-bond acceptors (Lipinski definition) is 4. The zero-order valence-corrected chi connectivity index (χ0v) is 16.6. The Morgan fingerprint density at radius 2 is 2.14 bits per heavy atom. The summed E-state index contributed by atoms with van der Waals surface area (Å²) in [4.78, 5) is 30.6. The van der Waals surface area contributed by atoms with Crippen molar-refractivity contribution < 1.29 is 14.3 Å². The van der Waals surface area contributed by atoms with E-state index in [4.69, 9.17) is 22.1 Å². The number of likely N-dealkylation sites (tertiary alicyclic amines) is 1. The van der Waals surface area contributed by atoms with Crippen LogP contribution in [0.3, 0.4) is 0 Å². The van der Waals surface area contributed by atoms with Crippen LogP contribution in [0, 0.1) is 12.3 Å². The molecule has 1 saturated heterocycles. The number of hydrogen-bond donors (Lipinski definition) is 1. The van der Waals surface area contributed by atoms with E-state index in [-0.39, 0.29) is 18.9 Å². The molecule has 2 amide bonds. The van der Waals surface area contributed by atoms with Crippen LogP contribution in [-0.2, 0) is 4.79 Å². The predicted octanol–water partition coefficient (Wildman–Crippen LogP) is 3.22. The first-order valence-corrected chi connectivity index (χ1v) is 9.62. The van der Waals surface area contributed by atoms with Gasteiger partial charge in [-0.1, -0.05) is 17.7 Å². The van der Waals surface area contributed by atoms with E-state index in [0.29, 0.717) is 29.4 Å². The molecule has 1 atom stereocenters. The molecular formula is C21H24ClN3O3. The van der Waals surface area contributed by atoms with Gasteiger partial charge in [-0.15, -0.1) is 0 Å². The number of nitrogens with two attached hydrogens (primary N) is 1. The summed E-state index contributed by atoms with van der Waals surface area (Å²) in [6.45, 7) is 3.22. The van der Waals surface area contributed by atoms with E-state index in [0.717, 1.165) is 18.4 Å². The van der Waals surface area contributed by atoms with E-state index in [9.17, 15) is 9.59 Å². The third-order valence-electron chi connectivity index (χ3n) is 4.96. The van der Waals surface area contributed by atoms with E-state index < -0.39 is 11.3 Å². The molecule has 1 unspecified atom stereocenters. The van der Waals surface area contributed by atoms with Crippen molar-refractivity contribution in [3.05, 3.63) is 58.9 Å². The molecule has 6 nitrogen and oxygen atoms in total. The average molecular weight is 402 g/mol. The smallest absolute Gasteiger partial charge is 0.255 e. The Balaban J connectivity index is 1.77. The maximum Gasteiger partial charge on any atom is 0.255 e. The number of pyridine rings is 1. The van der Waals surface area contributed by atoms with Gasteiger partial charge in [-0.3, -0.25) is 14.6 Å². The molecule has 1 aromatic carbocycles. The number of aromatic nitrogens is 1. The molecule has 0 bridgehead atoms. The number of halogens is 1. The van der Waals surface area contributed by atoms with Crippen LogP contribution in [0.5, 0.6) is 5.75 Å². The first kappa shape index (κ1) is 20.1. The van der Waals surface area contributed by atoms with Gasteiger partial charge in [0.05, 0.1) is 12.2 Å². The number of carbonyl (C=O) groups excluding carboxylic acids is 2. The molecule has 2 heterocycles. The topological polar surface area (TPSA) is 85.5 Å². The Morgan fingerprint density at radius 1 is 1.32 bits per heavy atom. The van der Waals surface area contributed by atoms with Crippen molar-refractivity contribution >= 4 is 23.4 Å². The minimum absolute atomic E-state index is 0.0903. The van der Waals surface area contributed by atoms with Crippen molar-refractivity contribution in [2.75, 3.05) is 19.7 Å². The van der Waals surface area contributed by atoms with E-state index in [2.05, 4.69) is 4.98 Å². The molecule has 3 rings (SSSR count). The number of benzene rings is 1. The van der Waals surface area contributed by atoms with Crippen LogP contribution in [0.25, 0.3) is 0 Å². The maximum absolute atomic E-state index is 13.0. The fourth-order valence-electron chi connectivity index (χ4n) is 3.71. The highest BCUT2D eigenvalue weighted by Crippen LogP contribution is 2.35. The molecule has 0 aliphatic carbocycles. The molecule has 2 N–H and O–H groups in total. The third kappa shape index (κ3) is 5.01. The lowest BCUT2D eigenvalue weighted by Gasteiger charge is -2.42. The average Bonchev–Trinajstić information content (AvgIpc) is 2.66. The molecule has 0 radical (unpaired) electrons. The monoisotopic (exact) mass is 401 g/mol. The van der Waals surface area contributed by atoms with Gasteiger partial charge in [0.15, 0.2) is 0 Å². The lowest BCUT2D eigenvalue weighted by Crippen LogP contribution is -2.50. The van der Waals surface area contributed by atoms with Crippen LogP contribution >= 0.6 is 11.6 Å². The Hall–Kier alpha value is -2.60.